The Morgan fingerprint density at radius 3 is 2.52 bits per heavy atom. The summed E-state index contributed by atoms with van der Waals surface area (Å²) in [6, 6.07) is 6.31. The highest BCUT2D eigenvalue weighted by atomic mass is 16.5. The Hall–Kier alpha value is -1.84. The van der Waals surface area contributed by atoms with Crippen LogP contribution in [-0.2, 0) is 20.7 Å². The van der Waals surface area contributed by atoms with Crippen LogP contribution < -0.4 is 0 Å². The normalized spacial score (nSPS) is 10.3. The van der Waals surface area contributed by atoms with Crippen molar-refractivity contribution in [2.45, 2.75) is 39.5 Å². The van der Waals surface area contributed by atoms with Crippen LogP contribution in [0.15, 0.2) is 18.2 Å². The first-order valence-electron chi connectivity index (χ1n) is 7.31. The average molecular weight is 291 g/mol. The minimum absolute atomic E-state index is 0.111. The van der Waals surface area contributed by atoms with Crippen LogP contribution in [-0.4, -0.2) is 37.5 Å². The molecule has 0 aliphatic heterocycles. The molecule has 1 amide bonds. The van der Waals surface area contributed by atoms with Crippen molar-refractivity contribution in [2.75, 3.05) is 20.7 Å². The number of hydrogen-bond donors (Lipinski definition) is 0. The van der Waals surface area contributed by atoms with Crippen LogP contribution in [0.4, 0.5) is 0 Å². The summed E-state index contributed by atoms with van der Waals surface area (Å²) in [6.07, 6.45) is 2.24. The summed E-state index contributed by atoms with van der Waals surface area (Å²) in [5, 5.41) is 0. The van der Waals surface area contributed by atoms with E-state index >= 15 is 0 Å². The Balaban J connectivity index is 2.37. The maximum atomic E-state index is 12.0. The van der Waals surface area contributed by atoms with E-state index < -0.39 is 0 Å². The van der Waals surface area contributed by atoms with Gasteiger partial charge in [-0.25, -0.2) is 0 Å². The smallest absolute Gasteiger partial charge is 0.305 e. The zero-order chi connectivity index (χ0) is 15.8. The molecule has 0 saturated heterocycles. The summed E-state index contributed by atoms with van der Waals surface area (Å²) >= 11 is 0. The highest BCUT2D eigenvalue weighted by molar-refractivity contribution is 5.76. The topological polar surface area (TPSA) is 46.6 Å². The number of hydrogen-bond acceptors (Lipinski definition) is 3. The summed E-state index contributed by atoms with van der Waals surface area (Å²) in [4.78, 5) is 24.7. The lowest BCUT2D eigenvalue weighted by Gasteiger charge is -2.17. The second-order valence-electron chi connectivity index (χ2n) is 5.42. The number of aryl methyl sites for hydroxylation is 3. The largest absolute Gasteiger partial charge is 0.469 e. The first-order chi connectivity index (χ1) is 9.93. The maximum absolute atomic E-state index is 12.0. The molecule has 0 atom stereocenters. The van der Waals surface area contributed by atoms with Gasteiger partial charge in [-0.1, -0.05) is 23.8 Å². The van der Waals surface area contributed by atoms with Crippen molar-refractivity contribution in [2.24, 2.45) is 0 Å². The van der Waals surface area contributed by atoms with E-state index in [4.69, 9.17) is 0 Å². The highest BCUT2D eigenvalue weighted by Crippen LogP contribution is 2.13. The van der Waals surface area contributed by atoms with Crippen molar-refractivity contribution in [3.05, 3.63) is 34.9 Å². The summed E-state index contributed by atoms with van der Waals surface area (Å²) in [6.45, 7) is 4.73. The van der Waals surface area contributed by atoms with Crippen LogP contribution >= 0.6 is 0 Å². The van der Waals surface area contributed by atoms with Gasteiger partial charge in [0, 0.05) is 26.4 Å². The standard InChI is InChI=1S/C17H25NO3/c1-13-7-8-15(14(2)12-13)9-10-16(19)18(3)11-5-6-17(20)21-4/h7-8,12H,5-6,9-11H2,1-4H3. The van der Waals surface area contributed by atoms with E-state index in [2.05, 4.69) is 36.8 Å². The van der Waals surface area contributed by atoms with Gasteiger partial charge in [0.2, 0.25) is 5.91 Å². The summed E-state index contributed by atoms with van der Waals surface area (Å²) < 4.78 is 4.58. The molecule has 4 heteroatoms. The zero-order valence-electron chi connectivity index (χ0n) is 13.4. The lowest BCUT2D eigenvalue weighted by atomic mass is 10.0. The molecule has 1 rings (SSSR count). The fourth-order valence-electron chi connectivity index (χ4n) is 2.25. The van der Waals surface area contributed by atoms with Gasteiger partial charge in [0.1, 0.15) is 0 Å². The first-order valence-corrected chi connectivity index (χ1v) is 7.31. The molecule has 0 saturated carbocycles. The minimum Gasteiger partial charge on any atom is -0.469 e. The van der Waals surface area contributed by atoms with E-state index in [1.54, 1.807) is 11.9 Å². The number of benzene rings is 1. The van der Waals surface area contributed by atoms with Crippen molar-refractivity contribution in [1.29, 1.82) is 0 Å². The Labute approximate surface area is 127 Å². The molecule has 0 aliphatic rings. The molecule has 0 aromatic heterocycles. The highest BCUT2D eigenvalue weighted by Gasteiger charge is 2.10. The first kappa shape index (κ1) is 17.2. The summed E-state index contributed by atoms with van der Waals surface area (Å²) in [5.74, 6) is -0.119. The van der Waals surface area contributed by atoms with Crippen LogP contribution in [0.2, 0.25) is 0 Å². The molecule has 0 spiro atoms. The predicted octanol–water partition coefficient (Wildman–Crippen LogP) is 2.65. The van der Waals surface area contributed by atoms with E-state index in [-0.39, 0.29) is 11.9 Å². The van der Waals surface area contributed by atoms with Crippen molar-refractivity contribution < 1.29 is 14.3 Å². The van der Waals surface area contributed by atoms with Gasteiger partial charge < -0.3 is 9.64 Å². The second kappa shape index (κ2) is 8.45. The molecule has 0 unspecified atom stereocenters. The number of carbonyl (C=O) groups excluding carboxylic acids is 2. The van der Waals surface area contributed by atoms with Crippen molar-refractivity contribution in [1.82, 2.24) is 4.90 Å². The molecule has 0 N–H and O–H groups in total. The van der Waals surface area contributed by atoms with Crippen LogP contribution in [0.1, 0.15) is 36.0 Å². The zero-order valence-corrected chi connectivity index (χ0v) is 13.4. The monoisotopic (exact) mass is 291 g/mol. The third-order valence-electron chi connectivity index (χ3n) is 3.63. The van der Waals surface area contributed by atoms with Gasteiger partial charge in [-0.05, 0) is 37.8 Å². The fourth-order valence-corrected chi connectivity index (χ4v) is 2.25. The second-order valence-corrected chi connectivity index (χ2v) is 5.42. The molecule has 0 bridgehead atoms. The van der Waals surface area contributed by atoms with Crippen molar-refractivity contribution in [3.8, 4) is 0 Å². The molecule has 21 heavy (non-hydrogen) atoms. The molecule has 0 heterocycles. The Kier molecular flexibility index (Phi) is 6.92. The summed E-state index contributed by atoms with van der Waals surface area (Å²) in [7, 11) is 3.16. The van der Waals surface area contributed by atoms with Gasteiger partial charge in [0.25, 0.3) is 0 Å². The molecule has 116 valence electrons. The third-order valence-corrected chi connectivity index (χ3v) is 3.63. The SMILES string of the molecule is COC(=O)CCCN(C)C(=O)CCc1ccc(C)cc1C. The van der Waals surface area contributed by atoms with Crippen LogP contribution in [0, 0.1) is 13.8 Å². The van der Waals surface area contributed by atoms with E-state index in [0.29, 0.717) is 25.8 Å². The number of amides is 1. The lowest BCUT2D eigenvalue weighted by Crippen LogP contribution is -2.28. The molecule has 1 aromatic rings. The molecular formula is C17H25NO3. The molecule has 0 fully saturated rings. The minimum atomic E-state index is -0.230. The number of rotatable bonds is 7. The third kappa shape index (κ3) is 5.98. The van der Waals surface area contributed by atoms with E-state index in [1.165, 1.54) is 23.8 Å². The number of nitrogens with zero attached hydrogens (tertiary/aromatic N) is 1. The Morgan fingerprint density at radius 1 is 1.19 bits per heavy atom. The Bertz CT molecular complexity index is 497. The van der Waals surface area contributed by atoms with E-state index in [1.807, 2.05) is 0 Å². The quantitative estimate of drug-likeness (QED) is 0.726. The summed E-state index contributed by atoms with van der Waals surface area (Å²) in [5.41, 5.74) is 3.69. The van der Waals surface area contributed by atoms with Crippen molar-refractivity contribution >= 4 is 11.9 Å². The van der Waals surface area contributed by atoms with Crippen molar-refractivity contribution in [3.63, 3.8) is 0 Å². The molecule has 4 nitrogen and oxygen atoms in total. The predicted molar refractivity (Wildman–Crippen MR) is 83.1 cm³/mol. The van der Waals surface area contributed by atoms with E-state index in [0.717, 1.165) is 6.42 Å². The lowest BCUT2D eigenvalue weighted by molar-refractivity contribution is -0.141. The maximum Gasteiger partial charge on any atom is 0.305 e. The number of methoxy groups -OCH3 is 1. The molecule has 0 aliphatic carbocycles. The van der Waals surface area contributed by atoms with Crippen LogP contribution in [0.3, 0.4) is 0 Å². The Morgan fingerprint density at radius 2 is 1.90 bits per heavy atom. The van der Waals surface area contributed by atoms with E-state index in [9.17, 15) is 9.59 Å². The van der Waals surface area contributed by atoms with Crippen LogP contribution in [0.5, 0.6) is 0 Å². The van der Waals surface area contributed by atoms with Gasteiger partial charge in [0.15, 0.2) is 0 Å². The van der Waals surface area contributed by atoms with Gasteiger partial charge in [-0.15, -0.1) is 0 Å². The molecule has 1 aromatic carbocycles. The number of ether oxygens (including phenoxy) is 1. The van der Waals surface area contributed by atoms with Gasteiger partial charge in [-0.2, -0.15) is 0 Å². The molecule has 0 radical (unpaired) electrons. The average Bonchev–Trinajstić information content (AvgIpc) is 2.45. The van der Waals surface area contributed by atoms with Crippen LogP contribution in [0.25, 0.3) is 0 Å². The van der Waals surface area contributed by atoms with Gasteiger partial charge in [-0.3, -0.25) is 9.59 Å². The number of esters is 1. The number of carbonyl (C=O) groups is 2. The molecular weight excluding hydrogens is 266 g/mol. The fraction of sp³-hybridized carbons (Fsp3) is 0.529. The van der Waals surface area contributed by atoms with Gasteiger partial charge >= 0.3 is 5.97 Å². The van der Waals surface area contributed by atoms with Gasteiger partial charge in [0.05, 0.1) is 7.11 Å².